The van der Waals surface area contributed by atoms with Crippen molar-refractivity contribution in [3.63, 3.8) is 0 Å². The average molecular weight is 481 g/mol. The van der Waals surface area contributed by atoms with Crippen molar-refractivity contribution in [2.24, 2.45) is 5.73 Å². The highest BCUT2D eigenvalue weighted by molar-refractivity contribution is 5.90. The molecule has 36 heavy (non-hydrogen) atoms. The van der Waals surface area contributed by atoms with Crippen molar-refractivity contribution in [3.05, 3.63) is 72.2 Å². The quantitative estimate of drug-likeness (QED) is 0.366. The van der Waals surface area contributed by atoms with Crippen LogP contribution in [0.1, 0.15) is 30.4 Å². The van der Waals surface area contributed by atoms with Gasteiger partial charge in [-0.2, -0.15) is 0 Å². The van der Waals surface area contributed by atoms with Crippen LogP contribution >= 0.6 is 0 Å². The van der Waals surface area contributed by atoms with Crippen molar-refractivity contribution >= 4 is 22.5 Å². The zero-order valence-electron chi connectivity index (χ0n) is 20.6. The van der Waals surface area contributed by atoms with Crippen molar-refractivity contribution < 1.29 is 4.74 Å². The van der Waals surface area contributed by atoms with Gasteiger partial charge in [0.05, 0.1) is 12.1 Å². The first kappa shape index (κ1) is 22.9. The summed E-state index contributed by atoms with van der Waals surface area (Å²) < 4.78 is 6.13. The molecule has 0 saturated carbocycles. The Kier molecular flexibility index (Phi) is 6.49. The second-order valence-corrected chi connectivity index (χ2v) is 9.60. The Morgan fingerprint density at radius 1 is 0.944 bits per heavy atom. The minimum Gasteiger partial charge on any atom is -0.494 e. The number of nitrogens with zero attached hydrogens (tertiary/aromatic N) is 5. The molecule has 2 aromatic carbocycles. The van der Waals surface area contributed by atoms with Gasteiger partial charge in [-0.05, 0) is 85.3 Å². The van der Waals surface area contributed by atoms with Crippen LogP contribution in [-0.4, -0.2) is 52.6 Å². The Morgan fingerprint density at radius 2 is 1.83 bits per heavy atom. The fourth-order valence-corrected chi connectivity index (χ4v) is 5.44. The van der Waals surface area contributed by atoms with Crippen LogP contribution in [0.25, 0.3) is 22.2 Å². The minimum atomic E-state index is 0.444. The van der Waals surface area contributed by atoms with E-state index >= 15 is 0 Å². The molecule has 2 N–H and O–H groups in total. The summed E-state index contributed by atoms with van der Waals surface area (Å²) in [5, 5.41) is 0. The monoisotopic (exact) mass is 480 g/mol. The van der Waals surface area contributed by atoms with Gasteiger partial charge in [-0.3, -0.25) is 4.98 Å². The van der Waals surface area contributed by atoms with E-state index < -0.39 is 0 Å². The number of pyridine rings is 1. The predicted molar refractivity (Wildman–Crippen MR) is 144 cm³/mol. The van der Waals surface area contributed by atoms with Gasteiger partial charge in [0.15, 0.2) is 5.82 Å². The van der Waals surface area contributed by atoms with E-state index in [9.17, 15) is 0 Å². The van der Waals surface area contributed by atoms with Crippen LogP contribution in [0.2, 0.25) is 0 Å². The van der Waals surface area contributed by atoms with Gasteiger partial charge in [0.25, 0.3) is 0 Å². The molecule has 0 unspecified atom stereocenters. The molecule has 2 aliphatic heterocycles. The molecule has 0 aliphatic carbocycles. The van der Waals surface area contributed by atoms with Crippen molar-refractivity contribution in [2.45, 2.75) is 32.2 Å². The number of likely N-dealkylation sites (tertiary alicyclic amines) is 1. The second kappa shape index (κ2) is 10.2. The van der Waals surface area contributed by atoms with Crippen LogP contribution in [0.15, 0.2) is 61.1 Å². The molecule has 0 amide bonds. The van der Waals surface area contributed by atoms with Crippen LogP contribution in [0, 0.1) is 0 Å². The normalized spacial score (nSPS) is 15.5. The molecule has 7 heteroatoms. The molecular weight excluding hydrogens is 448 g/mol. The van der Waals surface area contributed by atoms with E-state index in [1.165, 1.54) is 48.3 Å². The molecule has 0 bridgehead atoms. The molecule has 4 aromatic rings. The molecule has 7 nitrogen and oxygen atoms in total. The highest BCUT2D eigenvalue weighted by atomic mass is 16.5. The van der Waals surface area contributed by atoms with Crippen molar-refractivity contribution in [3.8, 4) is 16.9 Å². The molecule has 0 atom stereocenters. The van der Waals surface area contributed by atoms with Crippen molar-refractivity contribution in [1.29, 1.82) is 0 Å². The second-order valence-electron chi connectivity index (χ2n) is 9.60. The summed E-state index contributed by atoms with van der Waals surface area (Å²) in [7, 11) is 0. The molecule has 184 valence electrons. The maximum atomic E-state index is 6.13. The summed E-state index contributed by atoms with van der Waals surface area (Å²) in [5.74, 6) is 1.78. The Morgan fingerprint density at radius 3 is 2.72 bits per heavy atom. The predicted octanol–water partition coefficient (Wildman–Crippen LogP) is 4.71. The summed E-state index contributed by atoms with van der Waals surface area (Å²) in [5.41, 5.74) is 13.3. The third-order valence-corrected chi connectivity index (χ3v) is 7.26. The number of rotatable bonds is 8. The smallest absolute Gasteiger partial charge is 0.163 e. The van der Waals surface area contributed by atoms with Crippen LogP contribution in [-0.2, 0) is 13.0 Å². The van der Waals surface area contributed by atoms with Gasteiger partial charge < -0.3 is 20.3 Å². The Balaban J connectivity index is 1.24. The molecule has 4 heterocycles. The SMILES string of the molecule is NCc1cnc2c(N3CCc4c(-c5cccc(OCCCN6CCCC6)c5)cccc43)ncnc2c1. The third-order valence-electron chi connectivity index (χ3n) is 7.26. The molecule has 0 spiro atoms. The van der Waals surface area contributed by atoms with E-state index in [4.69, 9.17) is 10.5 Å². The van der Waals surface area contributed by atoms with Crippen LogP contribution in [0.5, 0.6) is 5.75 Å². The van der Waals surface area contributed by atoms with Gasteiger partial charge in [-0.15, -0.1) is 0 Å². The van der Waals surface area contributed by atoms with E-state index in [0.29, 0.717) is 6.54 Å². The molecule has 2 aliphatic rings. The van der Waals surface area contributed by atoms with Gasteiger partial charge in [0.2, 0.25) is 0 Å². The summed E-state index contributed by atoms with van der Waals surface area (Å²) in [6.07, 6.45) is 8.11. The first-order chi connectivity index (χ1) is 17.8. The fourth-order valence-electron chi connectivity index (χ4n) is 5.44. The highest BCUT2D eigenvalue weighted by Crippen LogP contribution is 2.41. The Bertz CT molecular complexity index is 1370. The molecule has 6 rings (SSSR count). The molecule has 2 aromatic heterocycles. The van der Waals surface area contributed by atoms with E-state index in [0.717, 1.165) is 60.7 Å². The van der Waals surface area contributed by atoms with Gasteiger partial charge >= 0.3 is 0 Å². The molecule has 1 saturated heterocycles. The molecule has 1 fully saturated rings. The Labute approximate surface area is 211 Å². The van der Waals surface area contributed by atoms with Gasteiger partial charge in [-0.25, -0.2) is 9.97 Å². The minimum absolute atomic E-state index is 0.444. The first-order valence-electron chi connectivity index (χ1n) is 12.9. The van der Waals surface area contributed by atoms with Gasteiger partial charge in [-0.1, -0.05) is 24.3 Å². The zero-order chi connectivity index (χ0) is 24.3. The van der Waals surface area contributed by atoms with Crippen LogP contribution in [0.4, 0.5) is 11.5 Å². The number of hydrogen-bond donors (Lipinski definition) is 1. The molecular formula is C29H32N6O. The number of ether oxygens (including phenoxy) is 1. The maximum Gasteiger partial charge on any atom is 0.163 e. The van der Waals surface area contributed by atoms with Crippen molar-refractivity contribution in [1.82, 2.24) is 19.9 Å². The van der Waals surface area contributed by atoms with Gasteiger partial charge in [0, 0.05) is 31.5 Å². The van der Waals surface area contributed by atoms with Crippen molar-refractivity contribution in [2.75, 3.05) is 37.7 Å². The number of aromatic nitrogens is 3. The average Bonchev–Trinajstić information content (AvgIpc) is 3.61. The lowest BCUT2D eigenvalue weighted by Crippen LogP contribution is -2.21. The van der Waals surface area contributed by atoms with E-state index in [1.807, 2.05) is 12.3 Å². The molecule has 0 radical (unpaired) electrons. The van der Waals surface area contributed by atoms with Crippen LogP contribution < -0.4 is 15.4 Å². The zero-order valence-corrected chi connectivity index (χ0v) is 20.6. The summed E-state index contributed by atoms with van der Waals surface area (Å²) in [6.45, 7) is 5.65. The number of hydrogen-bond acceptors (Lipinski definition) is 7. The standard InChI is InChI=1S/C29H32N6O/c30-18-21-16-26-28(31-19-21)29(33-20-32-26)35-14-10-25-24(8-4-9-27(25)35)22-6-3-7-23(17-22)36-15-5-13-34-11-1-2-12-34/h3-4,6-9,16-17,19-20H,1-2,5,10-15,18,30H2. The topological polar surface area (TPSA) is 80.4 Å². The van der Waals surface area contributed by atoms with Gasteiger partial charge in [0.1, 0.15) is 17.6 Å². The maximum absolute atomic E-state index is 6.13. The fraction of sp³-hybridized carbons (Fsp3) is 0.345. The Hall–Kier alpha value is -3.55. The largest absolute Gasteiger partial charge is 0.494 e. The number of benzene rings is 2. The first-order valence-corrected chi connectivity index (χ1v) is 12.9. The highest BCUT2D eigenvalue weighted by Gasteiger charge is 2.26. The number of nitrogens with two attached hydrogens (primary N) is 1. The number of anilines is 2. The summed E-state index contributed by atoms with van der Waals surface area (Å²) >= 11 is 0. The van der Waals surface area contributed by atoms with E-state index in [1.54, 1.807) is 6.33 Å². The third kappa shape index (κ3) is 4.52. The number of fused-ring (bicyclic) bond motifs is 2. The lowest BCUT2D eigenvalue weighted by atomic mass is 9.98. The van der Waals surface area contributed by atoms with Crippen LogP contribution in [0.3, 0.4) is 0 Å². The summed E-state index contributed by atoms with van der Waals surface area (Å²) in [6, 6.07) is 17.0. The lowest BCUT2D eigenvalue weighted by Gasteiger charge is -2.20. The lowest BCUT2D eigenvalue weighted by molar-refractivity contribution is 0.263. The van der Waals surface area contributed by atoms with E-state index in [2.05, 4.69) is 67.2 Å². The van der Waals surface area contributed by atoms with E-state index in [-0.39, 0.29) is 0 Å². The summed E-state index contributed by atoms with van der Waals surface area (Å²) in [4.78, 5) is 18.5.